The summed E-state index contributed by atoms with van der Waals surface area (Å²) in [6.07, 6.45) is 0.635. The molecule has 21 heavy (non-hydrogen) atoms. The van der Waals surface area contributed by atoms with E-state index in [9.17, 15) is 0 Å². The highest BCUT2D eigenvalue weighted by atomic mass is 35.5. The van der Waals surface area contributed by atoms with Crippen molar-refractivity contribution in [1.29, 1.82) is 0 Å². The Kier molecular flexibility index (Phi) is 7.08. The van der Waals surface area contributed by atoms with E-state index in [2.05, 4.69) is 10.2 Å². The first-order chi connectivity index (χ1) is 9.66. The average Bonchev–Trinajstić information content (AvgIpc) is 2.34. The van der Waals surface area contributed by atoms with Gasteiger partial charge in [-0.3, -0.25) is 0 Å². The minimum Gasteiger partial charge on any atom is -0.194 e. The van der Waals surface area contributed by atoms with Crippen LogP contribution in [0, 0.1) is 0 Å². The molecule has 1 unspecified atom stereocenters. The van der Waals surface area contributed by atoms with E-state index in [1.807, 2.05) is 20.8 Å². The normalized spacial score (nSPS) is 14.0. The Hall–Kier alpha value is 0.270. The minimum absolute atomic E-state index is 0.304. The Morgan fingerprint density at radius 2 is 1.62 bits per heavy atom. The highest BCUT2D eigenvalue weighted by molar-refractivity contribution is 6.51. The summed E-state index contributed by atoms with van der Waals surface area (Å²) in [6, 6.07) is -0.304. The number of alkyl halides is 2. The summed E-state index contributed by atoms with van der Waals surface area (Å²) in [5.74, 6) is 0. The quantitative estimate of drug-likeness (QED) is 0.370. The molecule has 0 radical (unpaired) electrons. The lowest BCUT2D eigenvalue weighted by atomic mass is 9.97. The Bertz CT molecular complexity index is 550. The fourth-order valence-electron chi connectivity index (χ4n) is 2.06. The van der Waals surface area contributed by atoms with Crippen LogP contribution in [0.2, 0.25) is 15.1 Å². The van der Waals surface area contributed by atoms with Crippen molar-refractivity contribution in [2.45, 2.75) is 44.5 Å². The van der Waals surface area contributed by atoms with Crippen LogP contribution >= 0.6 is 58.0 Å². The summed E-state index contributed by atoms with van der Waals surface area (Å²) in [4.78, 5) is 0. The molecule has 1 rings (SSSR count). The maximum absolute atomic E-state index is 6.47. The molecular formula is C14H17Cl5N2. The second-order valence-corrected chi connectivity index (χ2v) is 7.54. The van der Waals surface area contributed by atoms with E-state index >= 15 is 0 Å². The maximum Gasteiger partial charge on any atom is 0.143 e. The van der Waals surface area contributed by atoms with Crippen LogP contribution in [-0.2, 0) is 10.8 Å². The predicted molar refractivity (Wildman–Crippen MR) is 93.7 cm³/mol. The minimum atomic E-state index is -1.22. The number of benzene rings is 1. The van der Waals surface area contributed by atoms with Crippen molar-refractivity contribution in [3.8, 4) is 0 Å². The lowest BCUT2D eigenvalue weighted by Crippen LogP contribution is -2.11. The fourth-order valence-corrected chi connectivity index (χ4v) is 4.31. The second-order valence-electron chi connectivity index (χ2n) is 4.70. The number of hydrogen-bond acceptors (Lipinski definition) is 2. The molecule has 0 heterocycles. The van der Waals surface area contributed by atoms with Gasteiger partial charge in [0.15, 0.2) is 0 Å². The summed E-state index contributed by atoms with van der Waals surface area (Å²) >= 11 is 31.8. The first-order valence-corrected chi connectivity index (χ1v) is 8.49. The molecule has 1 aromatic carbocycles. The number of halogens is 5. The van der Waals surface area contributed by atoms with Gasteiger partial charge < -0.3 is 0 Å². The Labute approximate surface area is 150 Å². The van der Waals surface area contributed by atoms with Crippen LogP contribution in [0.5, 0.6) is 0 Å². The van der Waals surface area contributed by atoms with Crippen molar-refractivity contribution in [3.05, 3.63) is 31.8 Å². The van der Waals surface area contributed by atoms with Crippen LogP contribution in [0.3, 0.4) is 0 Å². The molecule has 2 nitrogen and oxygen atoms in total. The lowest BCUT2D eigenvalue weighted by molar-refractivity contribution is 0.728. The van der Waals surface area contributed by atoms with Gasteiger partial charge in [0.05, 0.1) is 27.7 Å². The van der Waals surface area contributed by atoms with Crippen LogP contribution in [0.15, 0.2) is 10.2 Å². The fraction of sp³-hybridized carbons (Fsp3) is 0.571. The van der Waals surface area contributed by atoms with Gasteiger partial charge in [-0.25, -0.2) is 0 Å². The molecule has 118 valence electrons. The van der Waals surface area contributed by atoms with Crippen LogP contribution < -0.4 is 0 Å². The van der Waals surface area contributed by atoms with E-state index in [-0.39, 0.29) is 6.04 Å². The highest BCUT2D eigenvalue weighted by Crippen LogP contribution is 2.49. The number of rotatable bonds is 5. The summed E-state index contributed by atoms with van der Waals surface area (Å²) < 4.78 is -1.22. The predicted octanol–water partition coefficient (Wildman–Crippen LogP) is 7.39. The lowest BCUT2D eigenvalue weighted by Gasteiger charge is -2.24. The van der Waals surface area contributed by atoms with Gasteiger partial charge in [0.25, 0.3) is 0 Å². The molecular weight excluding hydrogens is 373 g/mol. The topological polar surface area (TPSA) is 24.7 Å². The van der Waals surface area contributed by atoms with Crippen LogP contribution in [0.25, 0.3) is 0 Å². The van der Waals surface area contributed by atoms with Crippen molar-refractivity contribution in [1.82, 2.24) is 0 Å². The van der Waals surface area contributed by atoms with Gasteiger partial charge in [-0.15, -0.1) is 0 Å². The van der Waals surface area contributed by atoms with Crippen LogP contribution in [0.4, 0.5) is 0 Å². The number of azo groups is 1. The highest BCUT2D eigenvalue weighted by Gasteiger charge is 2.32. The zero-order valence-corrected chi connectivity index (χ0v) is 16.1. The van der Waals surface area contributed by atoms with Crippen LogP contribution in [0.1, 0.15) is 50.4 Å². The van der Waals surface area contributed by atoms with E-state index in [0.29, 0.717) is 39.2 Å². The largest absolute Gasteiger partial charge is 0.194 e. The molecule has 0 aromatic heterocycles. The summed E-state index contributed by atoms with van der Waals surface area (Å²) in [7, 11) is 0. The van der Waals surface area contributed by atoms with Gasteiger partial charge in [-0.1, -0.05) is 64.9 Å². The van der Waals surface area contributed by atoms with E-state index in [0.717, 1.165) is 5.56 Å². The van der Waals surface area contributed by atoms with E-state index in [4.69, 9.17) is 58.0 Å². The first-order valence-electron chi connectivity index (χ1n) is 6.60. The van der Waals surface area contributed by atoms with Gasteiger partial charge in [-0.2, -0.15) is 10.2 Å². The molecule has 0 aliphatic rings. The van der Waals surface area contributed by atoms with E-state index in [1.54, 1.807) is 6.92 Å². The molecule has 0 spiro atoms. The van der Waals surface area contributed by atoms with Gasteiger partial charge in [0.1, 0.15) is 4.33 Å². The van der Waals surface area contributed by atoms with E-state index in [1.165, 1.54) is 0 Å². The molecule has 0 aliphatic carbocycles. The summed E-state index contributed by atoms with van der Waals surface area (Å²) in [6.45, 7) is 7.93. The molecule has 1 aromatic rings. The van der Waals surface area contributed by atoms with Crippen molar-refractivity contribution in [2.75, 3.05) is 6.54 Å². The molecule has 0 bridgehead atoms. The molecule has 0 N–H and O–H groups in total. The van der Waals surface area contributed by atoms with E-state index < -0.39 is 4.33 Å². The van der Waals surface area contributed by atoms with Crippen molar-refractivity contribution >= 4 is 58.0 Å². The molecule has 0 fully saturated rings. The van der Waals surface area contributed by atoms with Gasteiger partial charge >= 0.3 is 0 Å². The average molecular weight is 391 g/mol. The smallest absolute Gasteiger partial charge is 0.143 e. The molecule has 0 aliphatic heterocycles. The molecule has 7 heteroatoms. The maximum atomic E-state index is 6.47. The SMILES string of the molecule is CCN=NC(C)c1c(Cl)c(CC)c(Cl)c(C(C)(Cl)Cl)c1Cl. The Morgan fingerprint density at radius 3 is 2.05 bits per heavy atom. The standard InChI is InChI=1S/C14H17Cl5N2/c1-5-8-11(15)9(7(3)21-20-6-2)13(17)10(12(8)16)14(4,18)19/h7H,5-6H2,1-4H3. The van der Waals surface area contributed by atoms with Gasteiger partial charge in [-0.05, 0) is 32.8 Å². The third kappa shape index (κ3) is 4.17. The Morgan fingerprint density at radius 1 is 1.05 bits per heavy atom. The second kappa shape index (κ2) is 7.70. The van der Waals surface area contributed by atoms with Crippen molar-refractivity contribution < 1.29 is 0 Å². The Balaban J connectivity index is 3.68. The third-order valence-electron chi connectivity index (χ3n) is 3.05. The summed E-state index contributed by atoms with van der Waals surface area (Å²) in [5, 5.41) is 9.45. The zero-order chi connectivity index (χ0) is 16.4. The molecule has 0 amide bonds. The van der Waals surface area contributed by atoms with Crippen LogP contribution in [-0.4, -0.2) is 6.54 Å². The molecule has 0 saturated heterocycles. The van der Waals surface area contributed by atoms with Gasteiger partial charge in [0, 0.05) is 11.1 Å². The molecule has 0 saturated carbocycles. The van der Waals surface area contributed by atoms with Crippen molar-refractivity contribution in [3.63, 3.8) is 0 Å². The van der Waals surface area contributed by atoms with Crippen molar-refractivity contribution in [2.24, 2.45) is 10.2 Å². The number of hydrogen-bond donors (Lipinski definition) is 0. The zero-order valence-electron chi connectivity index (χ0n) is 12.3. The van der Waals surface area contributed by atoms with Gasteiger partial charge in [0.2, 0.25) is 0 Å². The number of nitrogens with zero attached hydrogens (tertiary/aromatic N) is 2. The third-order valence-corrected chi connectivity index (χ3v) is 4.67. The monoisotopic (exact) mass is 388 g/mol. The summed E-state index contributed by atoms with van der Waals surface area (Å²) in [5.41, 5.74) is 1.88. The first kappa shape index (κ1) is 19.3. The molecule has 1 atom stereocenters.